The number of nitrogens with zero attached hydrogens (tertiary/aromatic N) is 2. The van der Waals surface area contributed by atoms with Gasteiger partial charge in [-0.05, 0) is 37.3 Å². The molecular weight excluding hydrogens is 391 g/mol. The molecule has 160 valence electrons. The highest BCUT2D eigenvalue weighted by molar-refractivity contribution is 5.79. The van der Waals surface area contributed by atoms with Crippen LogP contribution >= 0.6 is 0 Å². The molecule has 1 saturated carbocycles. The molecule has 3 aliphatic rings. The van der Waals surface area contributed by atoms with Crippen molar-refractivity contribution in [3.63, 3.8) is 0 Å². The van der Waals surface area contributed by atoms with Crippen LogP contribution in [0, 0.1) is 5.92 Å². The highest BCUT2D eigenvalue weighted by Crippen LogP contribution is 2.33. The maximum atomic E-state index is 12.4. The molecule has 1 aromatic heterocycles. The lowest BCUT2D eigenvalue weighted by molar-refractivity contribution is -0.192. The topological polar surface area (TPSA) is 91.8 Å². The van der Waals surface area contributed by atoms with Crippen LogP contribution in [0.4, 0.5) is 13.2 Å². The Morgan fingerprint density at radius 1 is 1.31 bits per heavy atom. The number of carbonyl (C=O) groups is 2. The van der Waals surface area contributed by atoms with Gasteiger partial charge in [0, 0.05) is 44.2 Å². The lowest BCUT2D eigenvalue weighted by Crippen LogP contribution is -2.52. The summed E-state index contributed by atoms with van der Waals surface area (Å²) in [6, 6.07) is 4.96. The zero-order valence-electron chi connectivity index (χ0n) is 15.8. The number of amides is 1. The third-order valence-electron chi connectivity index (χ3n) is 5.26. The number of carboxylic acids is 1. The summed E-state index contributed by atoms with van der Waals surface area (Å²) in [5.41, 5.74) is 1.21. The van der Waals surface area contributed by atoms with E-state index in [1.807, 2.05) is 12.3 Å². The second-order valence-electron chi connectivity index (χ2n) is 7.57. The van der Waals surface area contributed by atoms with E-state index >= 15 is 0 Å². The number of fused-ring (bicyclic) bond motifs is 1. The summed E-state index contributed by atoms with van der Waals surface area (Å²) in [6.07, 6.45) is 3.06. The third-order valence-corrected chi connectivity index (χ3v) is 5.26. The number of ether oxygens (including phenoxy) is 1. The maximum absolute atomic E-state index is 12.4. The summed E-state index contributed by atoms with van der Waals surface area (Å²) in [4.78, 5) is 28.0. The number of rotatable bonds is 4. The first-order valence-corrected chi connectivity index (χ1v) is 9.59. The van der Waals surface area contributed by atoms with Gasteiger partial charge >= 0.3 is 12.1 Å². The smallest absolute Gasteiger partial charge is 0.475 e. The molecule has 10 heteroatoms. The Bertz CT molecular complexity index is 712. The molecule has 1 aliphatic carbocycles. The number of nitrogens with one attached hydrogen (secondary N) is 1. The molecule has 3 fully saturated rings. The highest BCUT2D eigenvalue weighted by atomic mass is 19.4. The van der Waals surface area contributed by atoms with Crippen LogP contribution in [0.15, 0.2) is 24.5 Å². The molecule has 0 bridgehead atoms. The average Bonchev–Trinajstić information content (AvgIpc) is 3.35. The second-order valence-corrected chi connectivity index (χ2v) is 7.57. The molecule has 3 atom stereocenters. The third kappa shape index (κ3) is 6.14. The molecule has 4 rings (SSSR count). The fourth-order valence-corrected chi connectivity index (χ4v) is 3.70. The van der Waals surface area contributed by atoms with Crippen molar-refractivity contribution in [1.82, 2.24) is 15.2 Å². The number of carboxylic acid groups (broad SMARTS) is 1. The Labute approximate surface area is 166 Å². The van der Waals surface area contributed by atoms with Crippen molar-refractivity contribution in [2.45, 2.75) is 56.6 Å². The molecule has 2 aliphatic heterocycles. The number of likely N-dealkylation sites (tertiary alicyclic amines) is 1. The first kappa shape index (κ1) is 21.5. The molecule has 29 heavy (non-hydrogen) atoms. The van der Waals surface area contributed by atoms with Crippen LogP contribution in [0.5, 0.6) is 0 Å². The quantitative estimate of drug-likeness (QED) is 0.781. The van der Waals surface area contributed by atoms with Gasteiger partial charge in [-0.15, -0.1) is 0 Å². The molecule has 2 saturated heterocycles. The standard InChI is InChI=1S/C17H23N3O2.C2HF3O2/c21-17(19-14-3-4-14)13-8-16-15(5-7-22-16)20(11-13)10-12-2-1-6-18-9-12;3-2(4,5)1(6)7/h1-2,6,9,13-16H,3-5,7-8,10-11H2,(H,19,21);(H,6,7)/t13-,15+,16+;/m0./s1. The van der Waals surface area contributed by atoms with E-state index in [9.17, 15) is 18.0 Å². The molecule has 2 N–H and O–H groups in total. The average molecular weight is 415 g/mol. The highest BCUT2D eigenvalue weighted by Gasteiger charge is 2.43. The van der Waals surface area contributed by atoms with Crippen molar-refractivity contribution in [2.75, 3.05) is 13.2 Å². The van der Waals surface area contributed by atoms with E-state index in [-0.39, 0.29) is 17.9 Å². The second kappa shape index (κ2) is 9.08. The van der Waals surface area contributed by atoms with Gasteiger partial charge in [0.05, 0.1) is 12.0 Å². The van der Waals surface area contributed by atoms with Gasteiger partial charge in [-0.3, -0.25) is 14.7 Å². The monoisotopic (exact) mass is 415 g/mol. The largest absolute Gasteiger partial charge is 0.490 e. The maximum Gasteiger partial charge on any atom is 0.490 e. The van der Waals surface area contributed by atoms with Gasteiger partial charge in [-0.2, -0.15) is 13.2 Å². The van der Waals surface area contributed by atoms with Crippen LogP contribution in [0.2, 0.25) is 0 Å². The molecule has 0 radical (unpaired) electrons. The van der Waals surface area contributed by atoms with E-state index in [2.05, 4.69) is 21.3 Å². The Kier molecular flexibility index (Phi) is 6.74. The number of hydrogen-bond donors (Lipinski definition) is 2. The lowest BCUT2D eigenvalue weighted by atomic mass is 9.89. The predicted molar refractivity (Wildman–Crippen MR) is 95.8 cm³/mol. The summed E-state index contributed by atoms with van der Waals surface area (Å²) in [7, 11) is 0. The van der Waals surface area contributed by atoms with Crippen molar-refractivity contribution in [1.29, 1.82) is 0 Å². The lowest BCUT2D eigenvalue weighted by Gasteiger charge is -2.40. The van der Waals surface area contributed by atoms with Gasteiger partial charge < -0.3 is 15.2 Å². The Morgan fingerprint density at radius 3 is 2.62 bits per heavy atom. The van der Waals surface area contributed by atoms with Crippen LogP contribution in [0.3, 0.4) is 0 Å². The van der Waals surface area contributed by atoms with E-state index in [0.29, 0.717) is 12.1 Å². The van der Waals surface area contributed by atoms with Gasteiger partial charge in [0.15, 0.2) is 0 Å². The van der Waals surface area contributed by atoms with Gasteiger partial charge in [-0.25, -0.2) is 4.79 Å². The van der Waals surface area contributed by atoms with Crippen LogP contribution in [-0.2, 0) is 20.9 Å². The van der Waals surface area contributed by atoms with E-state index in [1.165, 1.54) is 5.56 Å². The normalized spacial score (nSPS) is 26.8. The summed E-state index contributed by atoms with van der Waals surface area (Å²) in [5, 5.41) is 10.3. The number of aromatic nitrogens is 1. The molecule has 0 unspecified atom stereocenters. The predicted octanol–water partition coefficient (Wildman–Crippen LogP) is 1.97. The molecule has 7 nitrogen and oxygen atoms in total. The minimum absolute atomic E-state index is 0.0524. The number of alkyl halides is 3. The summed E-state index contributed by atoms with van der Waals surface area (Å²) >= 11 is 0. The number of hydrogen-bond acceptors (Lipinski definition) is 5. The first-order chi connectivity index (χ1) is 13.7. The zero-order chi connectivity index (χ0) is 21.0. The Morgan fingerprint density at radius 2 is 2.03 bits per heavy atom. The number of aliphatic carboxylic acids is 1. The molecular formula is C19H24F3N3O4. The molecule has 0 aromatic carbocycles. The molecule has 1 aromatic rings. The van der Waals surface area contributed by atoms with Crippen molar-refractivity contribution >= 4 is 11.9 Å². The van der Waals surface area contributed by atoms with E-state index in [1.54, 1.807) is 6.20 Å². The zero-order valence-corrected chi connectivity index (χ0v) is 15.8. The van der Waals surface area contributed by atoms with E-state index < -0.39 is 12.1 Å². The van der Waals surface area contributed by atoms with Crippen molar-refractivity contribution in [3.8, 4) is 0 Å². The number of pyridine rings is 1. The summed E-state index contributed by atoms with van der Waals surface area (Å²) in [6.45, 7) is 2.50. The minimum atomic E-state index is -5.08. The molecule has 1 amide bonds. The van der Waals surface area contributed by atoms with Crippen molar-refractivity contribution in [2.24, 2.45) is 5.92 Å². The van der Waals surface area contributed by atoms with Gasteiger partial charge in [-0.1, -0.05) is 6.07 Å². The fourth-order valence-electron chi connectivity index (χ4n) is 3.70. The first-order valence-electron chi connectivity index (χ1n) is 9.59. The molecule has 0 spiro atoms. The van der Waals surface area contributed by atoms with Crippen molar-refractivity contribution in [3.05, 3.63) is 30.1 Å². The molecule has 3 heterocycles. The van der Waals surface area contributed by atoms with E-state index in [0.717, 1.165) is 45.4 Å². The Balaban J connectivity index is 0.000000298. The van der Waals surface area contributed by atoms with Crippen LogP contribution in [0.25, 0.3) is 0 Å². The summed E-state index contributed by atoms with van der Waals surface area (Å²) < 4.78 is 37.6. The number of carbonyl (C=O) groups excluding carboxylic acids is 1. The minimum Gasteiger partial charge on any atom is -0.475 e. The Hall–Kier alpha value is -2.20. The van der Waals surface area contributed by atoms with Crippen LogP contribution < -0.4 is 5.32 Å². The SMILES string of the molecule is O=C(NC1CC1)[C@H]1C[C@H]2OCC[C@H]2N(Cc2cccnc2)C1.O=C(O)C(F)(F)F. The fraction of sp³-hybridized carbons (Fsp3) is 0.632. The van der Waals surface area contributed by atoms with E-state index in [4.69, 9.17) is 14.6 Å². The van der Waals surface area contributed by atoms with Crippen LogP contribution in [-0.4, -0.2) is 64.4 Å². The summed E-state index contributed by atoms with van der Waals surface area (Å²) in [5.74, 6) is -2.49. The number of halogens is 3. The van der Waals surface area contributed by atoms with Crippen LogP contribution in [0.1, 0.15) is 31.2 Å². The van der Waals surface area contributed by atoms with Gasteiger partial charge in [0.1, 0.15) is 0 Å². The van der Waals surface area contributed by atoms with Gasteiger partial charge in [0.2, 0.25) is 5.91 Å². The van der Waals surface area contributed by atoms with Gasteiger partial charge in [0.25, 0.3) is 0 Å². The number of piperidine rings is 1. The van der Waals surface area contributed by atoms with Crippen molar-refractivity contribution < 1.29 is 32.6 Å².